The first-order valence-corrected chi connectivity index (χ1v) is 6.72. The number of carbonyl (C=O) groups excluding carboxylic acids is 1. The Bertz CT molecular complexity index is 706. The summed E-state index contributed by atoms with van der Waals surface area (Å²) in [6.45, 7) is 0.199. The molecule has 3 rings (SSSR count). The molecule has 1 aromatic carbocycles. The smallest absolute Gasteiger partial charge is 0.357 e. The van der Waals surface area contributed by atoms with Crippen molar-refractivity contribution in [3.63, 3.8) is 0 Å². The number of carbonyl (C=O) groups is 1. The minimum Gasteiger partial charge on any atom is -0.457 e. The average Bonchev–Trinajstić information content (AvgIpc) is 2.55. The minimum absolute atomic E-state index is 0.199. The number of rotatable bonds is 3. The number of fused-ring (bicyclic) bond motifs is 1. The van der Waals surface area contributed by atoms with Crippen LogP contribution in [0.15, 0.2) is 65.4 Å². The second-order valence-corrected chi connectivity index (χ2v) is 4.64. The van der Waals surface area contributed by atoms with Crippen LogP contribution in [0.25, 0.3) is 0 Å². The van der Waals surface area contributed by atoms with Gasteiger partial charge in [-0.15, -0.1) is 0 Å². The van der Waals surface area contributed by atoms with E-state index in [0.29, 0.717) is 5.69 Å². The molecule has 0 unspecified atom stereocenters. The molecule has 0 saturated heterocycles. The summed E-state index contributed by atoms with van der Waals surface area (Å²) in [5.74, 6) is -0.423. The van der Waals surface area contributed by atoms with Gasteiger partial charge in [0.05, 0.1) is 0 Å². The van der Waals surface area contributed by atoms with Crippen LogP contribution in [0, 0.1) is 0 Å². The molecule has 0 N–H and O–H groups in total. The predicted octanol–water partition coefficient (Wildman–Crippen LogP) is 2.80. The second-order valence-electron chi connectivity index (χ2n) is 4.64. The van der Waals surface area contributed by atoms with Crippen LogP contribution in [0.2, 0.25) is 0 Å². The number of pyridine rings is 1. The molecule has 0 fully saturated rings. The molecule has 0 radical (unpaired) electrons. The lowest BCUT2D eigenvalue weighted by Crippen LogP contribution is -2.08. The van der Waals surface area contributed by atoms with Gasteiger partial charge in [0, 0.05) is 24.5 Å². The van der Waals surface area contributed by atoms with E-state index >= 15 is 0 Å². The molecule has 0 spiro atoms. The Labute approximate surface area is 122 Å². The van der Waals surface area contributed by atoms with Gasteiger partial charge in [-0.1, -0.05) is 30.3 Å². The van der Waals surface area contributed by atoms with Crippen molar-refractivity contribution in [3.8, 4) is 0 Å². The van der Waals surface area contributed by atoms with Crippen molar-refractivity contribution in [1.29, 1.82) is 0 Å². The van der Waals surface area contributed by atoms with Gasteiger partial charge in [-0.05, 0) is 29.3 Å². The number of ether oxygens (including phenoxy) is 1. The lowest BCUT2D eigenvalue weighted by atomic mass is 10.0. The maximum atomic E-state index is 11.7. The molecule has 2 aromatic rings. The minimum atomic E-state index is -0.423. The molecular formula is C17H14N2O2. The van der Waals surface area contributed by atoms with Gasteiger partial charge in [-0.3, -0.25) is 4.99 Å². The zero-order valence-corrected chi connectivity index (χ0v) is 11.4. The molecular weight excluding hydrogens is 264 g/mol. The summed E-state index contributed by atoms with van der Waals surface area (Å²) in [6.07, 6.45) is 5.99. The van der Waals surface area contributed by atoms with Crippen LogP contribution in [0.4, 0.5) is 0 Å². The van der Waals surface area contributed by atoms with Gasteiger partial charge in [-0.2, -0.15) is 0 Å². The molecule has 0 amide bonds. The Morgan fingerprint density at radius 3 is 2.90 bits per heavy atom. The van der Waals surface area contributed by atoms with Crippen molar-refractivity contribution >= 4 is 12.2 Å². The number of nitrogens with zero attached hydrogens (tertiary/aromatic N) is 2. The molecule has 0 aliphatic carbocycles. The van der Waals surface area contributed by atoms with E-state index in [1.165, 1.54) is 5.56 Å². The summed E-state index contributed by atoms with van der Waals surface area (Å²) in [5, 5.41) is 0. The maximum absolute atomic E-state index is 11.7. The first kappa shape index (κ1) is 13.2. The van der Waals surface area contributed by atoms with Gasteiger partial charge in [-0.25, -0.2) is 9.78 Å². The van der Waals surface area contributed by atoms with Crippen molar-refractivity contribution in [1.82, 2.24) is 4.98 Å². The number of hydrogen-bond donors (Lipinski definition) is 0. The van der Waals surface area contributed by atoms with E-state index in [9.17, 15) is 4.79 Å². The molecule has 4 heteroatoms. The van der Waals surface area contributed by atoms with E-state index in [2.05, 4.69) is 16.0 Å². The topological polar surface area (TPSA) is 51.5 Å². The highest BCUT2D eigenvalue weighted by molar-refractivity contribution is 5.87. The molecule has 0 bridgehead atoms. The Hall–Kier alpha value is -2.75. The Morgan fingerprint density at radius 2 is 2.05 bits per heavy atom. The average molecular weight is 278 g/mol. The first-order valence-electron chi connectivity index (χ1n) is 6.72. The third-order valence-corrected chi connectivity index (χ3v) is 3.20. The summed E-state index contributed by atoms with van der Waals surface area (Å²) < 4.78 is 5.17. The fraction of sp³-hybridized carbons (Fsp3) is 0.118. The summed E-state index contributed by atoms with van der Waals surface area (Å²) in [6, 6.07) is 13.3. The predicted molar refractivity (Wildman–Crippen MR) is 80.3 cm³/mol. The van der Waals surface area contributed by atoms with Crippen LogP contribution in [0.1, 0.15) is 21.6 Å². The van der Waals surface area contributed by atoms with Crippen molar-refractivity contribution in [2.24, 2.45) is 4.99 Å². The van der Waals surface area contributed by atoms with E-state index in [0.717, 1.165) is 17.7 Å². The lowest BCUT2D eigenvalue weighted by molar-refractivity contribution is 0.0542. The fourth-order valence-electron chi connectivity index (χ4n) is 2.11. The highest BCUT2D eigenvalue weighted by Gasteiger charge is 2.09. The molecule has 4 nitrogen and oxygen atoms in total. The summed E-state index contributed by atoms with van der Waals surface area (Å²) in [7, 11) is 0. The maximum Gasteiger partial charge on any atom is 0.357 e. The van der Waals surface area contributed by atoms with Crippen LogP contribution < -0.4 is 0 Å². The van der Waals surface area contributed by atoms with Crippen LogP contribution in [0.3, 0.4) is 0 Å². The highest BCUT2D eigenvalue weighted by atomic mass is 16.5. The monoisotopic (exact) mass is 278 g/mol. The number of allylic oxidation sites excluding steroid dienone is 1. The van der Waals surface area contributed by atoms with E-state index in [1.807, 2.05) is 30.5 Å². The van der Waals surface area contributed by atoms with Crippen LogP contribution >= 0.6 is 0 Å². The molecule has 2 heterocycles. The van der Waals surface area contributed by atoms with E-state index < -0.39 is 5.97 Å². The SMILES string of the molecule is O=C(OC/C=C1/Cc2ccccc2C=N1)c1ccccn1. The third-order valence-electron chi connectivity index (χ3n) is 3.20. The lowest BCUT2D eigenvalue weighted by Gasteiger charge is -2.11. The highest BCUT2D eigenvalue weighted by Crippen LogP contribution is 2.18. The fourth-order valence-corrected chi connectivity index (χ4v) is 2.11. The van der Waals surface area contributed by atoms with Crippen LogP contribution in [0.5, 0.6) is 0 Å². The Balaban J connectivity index is 1.60. The number of hydrogen-bond acceptors (Lipinski definition) is 4. The van der Waals surface area contributed by atoms with Crippen LogP contribution in [-0.2, 0) is 11.2 Å². The zero-order chi connectivity index (χ0) is 14.5. The second kappa shape index (κ2) is 6.13. The number of aliphatic imine (C=N–C) groups is 1. The van der Waals surface area contributed by atoms with Gasteiger partial charge < -0.3 is 4.74 Å². The van der Waals surface area contributed by atoms with Crippen molar-refractivity contribution in [2.75, 3.05) is 6.61 Å². The van der Waals surface area contributed by atoms with E-state index in [4.69, 9.17) is 4.74 Å². The van der Waals surface area contributed by atoms with Crippen molar-refractivity contribution in [3.05, 3.63) is 77.3 Å². The molecule has 1 aliphatic rings. The molecule has 104 valence electrons. The standard InChI is InChI=1S/C17H14N2O2/c20-17(16-7-3-4-9-18-16)21-10-8-15-11-13-5-1-2-6-14(13)12-19-15/h1-9,12H,10-11H2/b15-8-. The van der Waals surface area contributed by atoms with Crippen molar-refractivity contribution < 1.29 is 9.53 Å². The zero-order valence-electron chi connectivity index (χ0n) is 11.4. The first-order chi connectivity index (χ1) is 10.3. The number of esters is 1. The quantitative estimate of drug-likeness (QED) is 0.811. The molecule has 0 atom stereocenters. The van der Waals surface area contributed by atoms with E-state index in [1.54, 1.807) is 24.4 Å². The van der Waals surface area contributed by atoms with E-state index in [-0.39, 0.29) is 6.61 Å². The largest absolute Gasteiger partial charge is 0.457 e. The van der Waals surface area contributed by atoms with Gasteiger partial charge in [0.15, 0.2) is 0 Å². The van der Waals surface area contributed by atoms with Gasteiger partial charge in [0.1, 0.15) is 12.3 Å². The Morgan fingerprint density at radius 1 is 1.19 bits per heavy atom. The summed E-state index contributed by atoms with van der Waals surface area (Å²) in [5.41, 5.74) is 3.59. The van der Waals surface area contributed by atoms with Crippen LogP contribution in [-0.4, -0.2) is 23.8 Å². The molecule has 1 aliphatic heterocycles. The number of aromatic nitrogens is 1. The summed E-state index contributed by atoms with van der Waals surface area (Å²) in [4.78, 5) is 20.1. The van der Waals surface area contributed by atoms with Gasteiger partial charge in [0.25, 0.3) is 0 Å². The summed E-state index contributed by atoms with van der Waals surface area (Å²) >= 11 is 0. The van der Waals surface area contributed by atoms with Crippen molar-refractivity contribution in [2.45, 2.75) is 6.42 Å². The molecule has 0 saturated carbocycles. The van der Waals surface area contributed by atoms with Gasteiger partial charge in [0.2, 0.25) is 0 Å². The number of benzene rings is 1. The normalized spacial score (nSPS) is 14.8. The third kappa shape index (κ3) is 3.23. The molecule has 1 aromatic heterocycles. The Kier molecular flexibility index (Phi) is 3.87. The van der Waals surface area contributed by atoms with Gasteiger partial charge >= 0.3 is 5.97 Å². The molecule has 21 heavy (non-hydrogen) atoms.